The average Bonchev–Trinajstić information content (AvgIpc) is 1.49. The summed E-state index contributed by atoms with van der Waals surface area (Å²) in [5.41, 5.74) is 28.9. The highest BCUT2D eigenvalue weighted by atomic mass is 32.1. The quantitative estimate of drug-likeness (QED) is 0.165. The van der Waals surface area contributed by atoms with Crippen LogP contribution in [-0.2, 0) is 32.5 Å². The normalized spacial score (nSPS) is 18.1. The molecule has 5 aliphatic rings. The number of rotatable bonds is 3. The molecule has 4 nitrogen and oxygen atoms in total. The van der Waals surface area contributed by atoms with E-state index in [4.69, 9.17) is 4.98 Å². The third-order valence-corrected chi connectivity index (χ3v) is 22.8. The molecule has 0 N–H and O–H groups in total. The fourth-order valence-corrected chi connectivity index (χ4v) is 18.0. The molecule has 0 fully saturated rings. The van der Waals surface area contributed by atoms with Gasteiger partial charge in [-0.3, -0.25) is 4.57 Å². The summed E-state index contributed by atoms with van der Waals surface area (Å²) < 4.78 is 7.93. The fourth-order valence-electron chi connectivity index (χ4n) is 16.8. The number of fused-ring (bicyclic) bond motifs is 19. The largest absolute Gasteiger partial charge is 0.376 e. The summed E-state index contributed by atoms with van der Waals surface area (Å²) in [4.78, 5) is 8.56. The van der Waals surface area contributed by atoms with Crippen LogP contribution in [0.2, 0.25) is 0 Å². The van der Waals surface area contributed by atoms with Crippen LogP contribution in [0.4, 0.5) is 11.4 Å². The number of thiophene rings is 1. The number of aromatic nitrogens is 3. The lowest BCUT2D eigenvalue weighted by molar-refractivity contribution is 0.332. The summed E-state index contributed by atoms with van der Waals surface area (Å²) in [6, 6.07) is 61.8. The summed E-state index contributed by atoms with van der Waals surface area (Å²) in [5.74, 6) is 0.944. The number of para-hydroxylation sites is 1. The minimum Gasteiger partial charge on any atom is -0.376 e. The third-order valence-electron chi connectivity index (χ3n) is 21.7. The molecule has 17 rings (SSSR count). The molecule has 0 bridgehead atoms. The zero-order chi connectivity index (χ0) is 57.7. The van der Waals surface area contributed by atoms with Gasteiger partial charge in [-0.1, -0.05) is 175 Å². The van der Waals surface area contributed by atoms with Crippen LogP contribution in [-0.4, -0.2) is 21.0 Å². The van der Waals surface area contributed by atoms with E-state index in [-0.39, 0.29) is 39.3 Å². The molecule has 84 heavy (non-hydrogen) atoms. The van der Waals surface area contributed by atoms with Crippen molar-refractivity contribution in [2.75, 3.05) is 4.81 Å². The van der Waals surface area contributed by atoms with Crippen molar-refractivity contribution in [1.29, 1.82) is 0 Å². The number of hydrogen-bond acceptors (Lipinski definition) is 3. The van der Waals surface area contributed by atoms with Crippen LogP contribution in [0.15, 0.2) is 158 Å². The highest BCUT2D eigenvalue weighted by Crippen LogP contribution is 2.61. The number of hydrogen-bond donors (Lipinski definition) is 0. The SMILES string of the molecule is CC(C)(C)c1ccc(N2B3c4cc5nc(-c6ccccc6)n(-c6ccccc6)c5cc4-n4c5cc6c(cc5c5c7c(c(c3c54)-c3cc4sc5cc8c(cc5c4cc32)C(C)(C)CCC8(C)C)-c2ccccc2C7(C)C)C(C)(C)CCC6(C)C)cc1. The Morgan fingerprint density at radius 3 is 1.74 bits per heavy atom. The molecule has 0 atom stereocenters. The van der Waals surface area contributed by atoms with Crippen LogP contribution in [0.5, 0.6) is 0 Å². The van der Waals surface area contributed by atoms with Crippen LogP contribution in [0.25, 0.3) is 98.0 Å². The predicted molar refractivity (Wildman–Crippen MR) is 360 cm³/mol. The van der Waals surface area contributed by atoms with Gasteiger partial charge >= 0.3 is 6.85 Å². The summed E-state index contributed by atoms with van der Waals surface area (Å²) >= 11 is 2.00. The summed E-state index contributed by atoms with van der Waals surface area (Å²) in [5, 5.41) is 5.50. The molecule has 0 saturated heterocycles. The van der Waals surface area contributed by atoms with Crippen LogP contribution in [0, 0.1) is 0 Å². The maximum absolute atomic E-state index is 5.77. The van der Waals surface area contributed by atoms with E-state index >= 15 is 0 Å². The van der Waals surface area contributed by atoms with Gasteiger partial charge in [0.1, 0.15) is 5.82 Å². The van der Waals surface area contributed by atoms with E-state index in [2.05, 4.69) is 262 Å². The molecule has 2 aliphatic heterocycles. The molecule has 9 aromatic carbocycles. The van der Waals surface area contributed by atoms with E-state index in [1.54, 1.807) is 0 Å². The first-order valence-corrected chi connectivity index (χ1v) is 31.8. The van der Waals surface area contributed by atoms with E-state index in [1.165, 1.54) is 144 Å². The first kappa shape index (κ1) is 50.8. The summed E-state index contributed by atoms with van der Waals surface area (Å²) in [7, 11) is 0. The van der Waals surface area contributed by atoms with Crippen LogP contribution in [0.1, 0.15) is 155 Å². The van der Waals surface area contributed by atoms with Crippen molar-refractivity contribution in [3.63, 3.8) is 0 Å². The van der Waals surface area contributed by atoms with Gasteiger partial charge in [0.15, 0.2) is 0 Å². The van der Waals surface area contributed by atoms with Crippen molar-refractivity contribution in [3.8, 4) is 45.0 Å². The number of benzene rings is 9. The average molecular weight is 1110 g/mol. The maximum Gasteiger partial charge on any atom is 0.333 e. The molecule has 3 aliphatic carbocycles. The predicted octanol–water partition coefficient (Wildman–Crippen LogP) is 19.7. The Labute approximate surface area is 499 Å². The fraction of sp³-hybridized carbons (Fsp3) is 0.295. The molecule has 0 amide bonds. The van der Waals surface area contributed by atoms with Gasteiger partial charge in [-0.15, -0.1) is 11.3 Å². The smallest absolute Gasteiger partial charge is 0.333 e. The highest BCUT2D eigenvalue weighted by Gasteiger charge is 2.51. The minimum atomic E-state index is -0.304. The molecule has 0 saturated carbocycles. The molecule has 6 heteroatoms. The first-order valence-electron chi connectivity index (χ1n) is 31.0. The molecule has 12 aromatic rings. The van der Waals surface area contributed by atoms with Crippen molar-refractivity contribution in [2.24, 2.45) is 0 Å². The van der Waals surface area contributed by atoms with Crippen LogP contribution in [0.3, 0.4) is 0 Å². The Kier molecular flexibility index (Phi) is 9.92. The molecular formula is C78H73BN4S. The van der Waals surface area contributed by atoms with Crippen molar-refractivity contribution in [2.45, 2.75) is 148 Å². The van der Waals surface area contributed by atoms with Gasteiger partial charge in [0, 0.05) is 70.2 Å². The van der Waals surface area contributed by atoms with Gasteiger partial charge in [0.05, 0.1) is 22.1 Å². The van der Waals surface area contributed by atoms with Gasteiger partial charge in [-0.2, -0.15) is 0 Å². The Balaban J connectivity index is 1.09. The molecular weight excluding hydrogens is 1040 g/mol. The van der Waals surface area contributed by atoms with Gasteiger partial charge in [-0.05, 0) is 192 Å². The second-order valence-corrected chi connectivity index (χ2v) is 31.1. The first-order chi connectivity index (χ1) is 40.0. The third kappa shape index (κ3) is 6.64. The van der Waals surface area contributed by atoms with E-state index < -0.39 is 0 Å². The van der Waals surface area contributed by atoms with Crippen molar-refractivity contribution >= 4 is 93.5 Å². The number of nitrogens with zero attached hydrogens (tertiary/aromatic N) is 4. The monoisotopic (exact) mass is 1110 g/mol. The zero-order valence-electron chi connectivity index (χ0n) is 51.1. The highest BCUT2D eigenvalue weighted by molar-refractivity contribution is 7.25. The molecule has 0 radical (unpaired) electrons. The van der Waals surface area contributed by atoms with Crippen molar-refractivity contribution in [1.82, 2.24) is 14.1 Å². The summed E-state index contributed by atoms with van der Waals surface area (Å²) in [6.07, 6.45) is 4.68. The van der Waals surface area contributed by atoms with E-state index in [0.717, 1.165) is 41.0 Å². The molecule has 5 heterocycles. The van der Waals surface area contributed by atoms with Crippen LogP contribution < -0.4 is 15.7 Å². The number of anilines is 2. The Hall–Kier alpha value is -7.67. The lowest BCUT2D eigenvalue weighted by Crippen LogP contribution is -2.60. The molecule has 0 spiro atoms. The second kappa shape index (κ2) is 16.4. The van der Waals surface area contributed by atoms with E-state index in [1.807, 2.05) is 11.3 Å². The van der Waals surface area contributed by atoms with Crippen molar-refractivity contribution < 1.29 is 0 Å². The topological polar surface area (TPSA) is 26.0 Å². The maximum atomic E-state index is 5.77. The Morgan fingerprint density at radius 2 is 1.07 bits per heavy atom. The Bertz CT molecular complexity index is 4900. The molecule has 3 aromatic heterocycles. The standard InChI is InChI=1S/C78H73BN4S/c1-73(2,3)45-28-30-47(31-29-45)83-61-38-50-49-36-54-57(77(10,11)35-33-74(54,4)5)41-65(49)84-64(50)39-52(61)67-66-48-26-20-21-27-53(48)78(12,13)69(66)68-51-37-55-56(76(8,9)34-32-75(55,6)7)40-60(51)82-62-43-63-59(42-58(62)79(83)70(67)71(68)82)80-72(44-22-16-14-17-23-44)81(63)46-24-18-15-19-25-46/h14-31,36-43H,32-35H2,1-13H3. The van der Waals surface area contributed by atoms with Gasteiger partial charge < -0.3 is 9.38 Å². The van der Waals surface area contributed by atoms with E-state index in [9.17, 15) is 0 Å². The lowest BCUT2D eigenvalue weighted by Gasteiger charge is -2.43. The van der Waals surface area contributed by atoms with Gasteiger partial charge in [-0.25, -0.2) is 4.98 Å². The Morgan fingerprint density at radius 1 is 0.488 bits per heavy atom. The number of imidazole rings is 1. The van der Waals surface area contributed by atoms with Crippen molar-refractivity contribution in [3.05, 3.63) is 197 Å². The van der Waals surface area contributed by atoms with Crippen LogP contribution >= 0.6 is 11.3 Å². The minimum absolute atomic E-state index is 0.00250. The van der Waals surface area contributed by atoms with Gasteiger partial charge in [0.25, 0.3) is 0 Å². The molecule has 414 valence electrons. The summed E-state index contributed by atoms with van der Waals surface area (Å²) in [6.45, 7) is 31.7. The van der Waals surface area contributed by atoms with Gasteiger partial charge in [0.2, 0.25) is 0 Å². The second-order valence-electron chi connectivity index (χ2n) is 30.0. The lowest BCUT2D eigenvalue weighted by atomic mass is 9.43. The zero-order valence-corrected chi connectivity index (χ0v) is 51.9. The molecule has 0 unspecified atom stereocenters. The van der Waals surface area contributed by atoms with E-state index in [0.29, 0.717) is 0 Å².